The zero-order valence-corrected chi connectivity index (χ0v) is 13.3. The maximum absolute atomic E-state index is 14.3. The Hall–Kier alpha value is -1.35. The summed E-state index contributed by atoms with van der Waals surface area (Å²) in [5.74, 6) is -0.158. The molecule has 0 spiro atoms. The molecule has 1 unspecified atom stereocenters. The Morgan fingerprint density at radius 3 is 2.55 bits per heavy atom. The van der Waals surface area contributed by atoms with Gasteiger partial charge in [0.25, 0.3) is 0 Å². The average molecular weight is 278 g/mol. The summed E-state index contributed by atoms with van der Waals surface area (Å²) in [5, 5.41) is 3.30. The third-order valence-electron chi connectivity index (χ3n) is 3.39. The van der Waals surface area contributed by atoms with Crippen molar-refractivity contribution in [1.82, 2.24) is 5.32 Å². The second-order valence-electron chi connectivity index (χ2n) is 6.02. The lowest BCUT2D eigenvalue weighted by Crippen LogP contribution is -2.42. The fourth-order valence-electron chi connectivity index (χ4n) is 2.46. The predicted molar refractivity (Wildman–Crippen MR) is 85.8 cm³/mol. The monoisotopic (exact) mass is 278 g/mol. The van der Waals surface area contributed by atoms with Crippen LogP contribution in [0.5, 0.6) is 0 Å². The van der Waals surface area contributed by atoms with Gasteiger partial charge in [-0.15, -0.1) is 6.58 Å². The number of nitrogens with one attached hydrogen (secondary N) is 1. The molecule has 0 aliphatic heterocycles. The molecule has 1 aromatic rings. The van der Waals surface area contributed by atoms with Gasteiger partial charge in [0.1, 0.15) is 5.82 Å². The summed E-state index contributed by atoms with van der Waals surface area (Å²) in [6, 6.07) is 5.27. The van der Waals surface area contributed by atoms with Crippen molar-refractivity contribution in [1.29, 1.82) is 0 Å². The molecule has 0 saturated carbocycles. The largest absolute Gasteiger partial charge is 0.363 e. The molecule has 3 heteroatoms. The van der Waals surface area contributed by atoms with Gasteiger partial charge in [0, 0.05) is 29.4 Å². The molecule has 1 atom stereocenters. The Labute approximate surface area is 122 Å². The molecule has 0 aliphatic rings. The SMILES string of the molecule is C=CCN(c1cccc(F)c1C(C)NCC)C(C)(C)C. The van der Waals surface area contributed by atoms with Crippen molar-refractivity contribution < 1.29 is 4.39 Å². The van der Waals surface area contributed by atoms with Crippen LogP contribution in [0.15, 0.2) is 30.9 Å². The molecule has 0 amide bonds. The summed E-state index contributed by atoms with van der Waals surface area (Å²) < 4.78 is 14.3. The van der Waals surface area contributed by atoms with Gasteiger partial charge < -0.3 is 10.2 Å². The van der Waals surface area contributed by atoms with E-state index < -0.39 is 0 Å². The highest BCUT2D eigenvalue weighted by molar-refractivity contribution is 5.57. The number of benzene rings is 1. The summed E-state index contributed by atoms with van der Waals surface area (Å²) in [6.07, 6.45) is 1.86. The van der Waals surface area contributed by atoms with Gasteiger partial charge >= 0.3 is 0 Å². The zero-order chi connectivity index (χ0) is 15.3. The summed E-state index contributed by atoms with van der Waals surface area (Å²) in [6.45, 7) is 15.7. The molecule has 20 heavy (non-hydrogen) atoms. The third kappa shape index (κ3) is 3.83. The molecule has 0 aromatic heterocycles. The van der Waals surface area contributed by atoms with E-state index >= 15 is 0 Å². The third-order valence-corrected chi connectivity index (χ3v) is 3.39. The van der Waals surface area contributed by atoms with Gasteiger partial charge in [-0.25, -0.2) is 4.39 Å². The quantitative estimate of drug-likeness (QED) is 0.781. The Morgan fingerprint density at radius 1 is 1.40 bits per heavy atom. The summed E-state index contributed by atoms with van der Waals surface area (Å²) in [4.78, 5) is 2.19. The van der Waals surface area contributed by atoms with Crippen LogP contribution in [0, 0.1) is 5.82 Å². The number of hydrogen-bond donors (Lipinski definition) is 1. The van der Waals surface area contributed by atoms with E-state index in [9.17, 15) is 4.39 Å². The van der Waals surface area contributed by atoms with Crippen molar-refractivity contribution in [3.05, 3.63) is 42.2 Å². The highest BCUT2D eigenvalue weighted by Gasteiger charge is 2.25. The molecular formula is C17H27FN2. The van der Waals surface area contributed by atoms with E-state index in [2.05, 4.69) is 37.6 Å². The Kier molecular flexibility index (Phi) is 5.75. The number of nitrogens with zero attached hydrogens (tertiary/aromatic N) is 1. The first-order chi connectivity index (χ1) is 9.32. The van der Waals surface area contributed by atoms with Crippen LogP contribution in [-0.2, 0) is 0 Å². The highest BCUT2D eigenvalue weighted by Crippen LogP contribution is 2.33. The summed E-state index contributed by atoms with van der Waals surface area (Å²) in [7, 11) is 0. The highest BCUT2D eigenvalue weighted by atomic mass is 19.1. The molecule has 0 radical (unpaired) electrons. The first-order valence-electron chi connectivity index (χ1n) is 7.23. The van der Waals surface area contributed by atoms with E-state index in [1.54, 1.807) is 6.07 Å². The lowest BCUT2D eigenvalue weighted by Gasteiger charge is -2.39. The number of anilines is 1. The maximum Gasteiger partial charge on any atom is 0.130 e. The van der Waals surface area contributed by atoms with Gasteiger partial charge in [0.05, 0.1) is 0 Å². The van der Waals surface area contributed by atoms with E-state index in [1.165, 1.54) is 6.07 Å². The first-order valence-corrected chi connectivity index (χ1v) is 7.23. The van der Waals surface area contributed by atoms with Crippen LogP contribution in [0.25, 0.3) is 0 Å². The average Bonchev–Trinajstić information content (AvgIpc) is 2.34. The van der Waals surface area contributed by atoms with Crippen LogP contribution in [0.4, 0.5) is 10.1 Å². The van der Waals surface area contributed by atoms with Crippen LogP contribution < -0.4 is 10.2 Å². The molecular weight excluding hydrogens is 251 g/mol. The van der Waals surface area contributed by atoms with Crippen molar-refractivity contribution in [3.63, 3.8) is 0 Å². The zero-order valence-electron chi connectivity index (χ0n) is 13.3. The van der Waals surface area contributed by atoms with Gasteiger partial charge in [-0.1, -0.05) is 19.1 Å². The van der Waals surface area contributed by atoms with E-state index in [0.717, 1.165) is 17.8 Å². The molecule has 0 heterocycles. The molecule has 0 bridgehead atoms. The van der Waals surface area contributed by atoms with E-state index in [0.29, 0.717) is 6.54 Å². The van der Waals surface area contributed by atoms with Gasteiger partial charge in [-0.3, -0.25) is 0 Å². The minimum atomic E-state index is -0.158. The second-order valence-corrected chi connectivity index (χ2v) is 6.02. The number of halogens is 1. The summed E-state index contributed by atoms with van der Waals surface area (Å²) in [5.41, 5.74) is 1.57. The Morgan fingerprint density at radius 2 is 2.05 bits per heavy atom. The van der Waals surface area contributed by atoms with Crippen LogP contribution in [-0.4, -0.2) is 18.6 Å². The van der Waals surface area contributed by atoms with Crippen LogP contribution in [0.2, 0.25) is 0 Å². The van der Waals surface area contributed by atoms with Crippen LogP contribution >= 0.6 is 0 Å². The molecule has 1 N–H and O–H groups in total. The van der Waals surface area contributed by atoms with Gasteiger partial charge in [0.2, 0.25) is 0 Å². The smallest absolute Gasteiger partial charge is 0.130 e. The number of hydrogen-bond acceptors (Lipinski definition) is 2. The van der Waals surface area contributed by atoms with Crippen molar-refractivity contribution in [2.24, 2.45) is 0 Å². The molecule has 2 nitrogen and oxygen atoms in total. The lowest BCUT2D eigenvalue weighted by molar-refractivity contribution is 0.503. The first kappa shape index (κ1) is 16.7. The minimum Gasteiger partial charge on any atom is -0.363 e. The maximum atomic E-state index is 14.3. The fraction of sp³-hybridized carbons (Fsp3) is 0.529. The van der Waals surface area contributed by atoms with Crippen molar-refractivity contribution in [2.75, 3.05) is 18.0 Å². The van der Waals surface area contributed by atoms with Crippen LogP contribution in [0.3, 0.4) is 0 Å². The second kappa shape index (κ2) is 6.89. The van der Waals surface area contributed by atoms with Gasteiger partial charge in [-0.2, -0.15) is 0 Å². The van der Waals surface area contributed by atoms with Gasteiger partial charge in [-0.05, 0) is 46.4 Å². The van der Waals surface area contributed by atoms with E-state index in [-0.39, 0.29) is 17.4 Å². The van der Waals surface area contributed by atoms with Crippen LogP contribution in [0.1, 0.15) is 46.2 Å². The Bertz CT molecular complexity index is 449. The van der Waals surface area contributed by atoms with Crippen molar-refractivity contribution >= 4 is 5.69 Å². The standard InChI is InChI=1S/C17H27FN2/c1-7-12-20(17(4,5)6)15-11-9-10-14(18)16(15)13(3)19-8-2/h7,9-11,13,19H,1,8,12H2,2-6H3. The molecule has 0 fully saturated rings. The molecule has 1 rings (SSSR count). The van der Waals surface area contributed by atoms with E-state index in [1.807, 2.05) is 26.0 Å². The molecule has 0 saturated heterocycles. The number of rotatable bonds is 6. The fourth-order valence-corrected chi connectivity index (χ4v) is 2.46. The molecule has 0 aliphatic carbocycles. The van der Waals surface area contributed by atoms with Crippen molar-refractivity contribution in [2.45, 2.75) is 46.2 Å². The Balaban J connectivity index is 3.34. The lowest BCUT2D eigenvalue weighted by atomic mass is 9.99. The summed E-state index contributed by atoms with van der Waals surface area (Å²) >= 11 is 0. The topological polar surface area (TPSA) is 15.3 Å². The minimum absolute atomic E-state index is 0.0223. The molecule has 1 aromatic carbocycles. The van der Waals surface area contributed by atoms with E-state index in [4.69, 9.17) is 0 Å². The van der Waals surface area contributed by atoms with Crippen molar-refractivity contribution in [3.8, 4) is 0 Å². The predicted octanol–water partition coefficient (Wildman–Crippen LogP) is 4.29. The molecule has 112 valence electrons. The van der Waals surface area contributed by atoms with Gasteiger partial charge in [0.15, 0.2) is 0 Å². The normalized spacial score (nSPS) is 13.1.